The van der Waals surface area contributed by atoms with Crippen molar-refractivity contribution in [3.05, 3.63) is 24.3 Å². The molecule has 24 heavy (non-hydrogen) atoms. The van der Waals surface area contributed by atoms with Gasteiger partial charge in [-0.2, -0.15) is 0 Å². The zero-order valence-electron chi connectivity index (χ0n) is 14.5. The van der Waals surface area contributed by atoms with Crippen LogP contribution >= 0.6 is 0 Å². The van der Waals surface area contributed by atoms with Gasteiger partial charge in [-0.15, -0.1) is 11.8 Å². The predicted octanol–water partition coefficient (Wildman–Crippen LogP) is 3.30. The van der Waals surface area contributed by atoms with Gasteiger partial charge in [0.15, 0.2) is 0 Å². The molecule has 0 heterocycles. The van der Waals surface area contributed by atoms with Crippen LogP contribution in [0.3, 0.4) is 0 Å². The van der Waals surface area contributed by atoms with Crippen LogP contribution in [0.25, 0.3) is 0 Å². The summed E-state index contributed by atoms with van der Waals surface area (Å²) in [7, 11) is 0. The topological polar surface area (TPSA) is 77.8 Å². The average Bonchev–Trinajstić information content (AvgIpc) is 2.89. The first kappa shape index (κ1) is 20.5. The molecule has 4 atom stereocenters. The molecule has 4 nitrogen and oxygen atoms in total. The molecule has 0 aromatic carbocycles. The van der Waals surface area contributed by atoms with Gasteiger partial charge in [0, 0.05) is 12.8 Å². The summed E-state index contributed by atoms with van der Waals surface area (Å²) in [5.74, 6) is 5.47. The largest absolute Gasteiger partial charge is 0.481 e. The zero-order valence-corrected chi connectivity index (χ0v) is 14.5. The highest BCUT2D eigenvalue weighted by Gasteiger charge is 2.32. The number of aliphatic hydroxyl groups excluding tert-OH is 2. The van der Waals surface area contributed by atoms with Crippen molar-refractivity contribution in [2.75, 3.05) is 0 Å². The van der Waals surface area contributed by atoms with E-state index in [0.29, 0.717) is 19.3 Å². The lowest BCUT2D eigenvalue weighted by Crippen LogP contribution is -2.17. The minimum Gasteiger partial charge on any atom is -0.481 e. The third-order valence-electron chi connectivity index (χ3n) is 4.50. The summed E-state index contributed by atoms with van der Waals surface area (Å²) in [4.78, 5) is 10.4. The number of hydrogen-bond acceptors (Lipinski definition) is 3. The summed E-state index contributed by atoms with van der Waals surface area (Å²) in [6, 6.07) is 0. The second kappa shape index (κ2) is 11.9. The molecule has 0 amide bonds. The Bertz CT molecular complexity index is 484. The van der Waals surface area contributed by atoms with Crippen molar-refractivity contribution >= 4 is 5.97 Å². The van der Waals surface area contributed by atoms with Crippen LogP contribution in [-0.2, 0) is 4.79 Å². The maximum Gasteiger partial charge on any atom is 0.303 e. The Morgan fingerprint density at radius 2 is 2.12 bits per heavy atom. The molecular formula is C20H30O4. The lowest BCUT2D eigenvalue weighted by Gasteiger charge is -2.18. The van der Waals surface area contributed by atoms with E-state index >= 15 is 0 Å². The lowest BCUT2D eigenvalue weighted by atomic mass is 9.90. The Morgan fingerprint density at radius 1 is 1.33 bits per heavy atom. The molecule has 1 rings (SSSR count). The Labute approximate surface area is 145 Å². The Morgan fingerprint density at radius 3 is 2.83 bits per heavy atom. The summed E-state index contributed by atoms with van der Waals surface area (Å²) in [5.41, 5.74) is 0. The van der Waals surface area contributed by atoms with E-state index in [1.165, 1.54) is 0 Å². The molecule has 1 fully saturated rings. The van der Waals surface area contributed by atoms with E-state index in [1.54, 1.807) is 6.92 Å². The van der Waals surface area contributed by atoms with Gasteiger partial charge in [-0.3, -0.25) is 4.79 Å². The SMILES string of the molecule is CC#CCC[C@H](O)/C=C/[C@H]1CC[C@H](O)[C@@H]1C/C=C\CCCC(=O)O. The summed E-state index contributed by atoms with van der Waals surface area (Å²) in [5, 5.41) is 28.7. The molecule has 0 saturated heterocycles. The number of rotatable bonds is 10. The molecule has 3 N–H and O–H groups in total. The monoisotopic (exact) mass is 334 g/mol. The number of aliphatic carboxylic acids is 1. The highest BCUT2D eigenvalue weighted by atomic mass is 16.4. The third kappa shape index (κ3) is 8.33. The first-order valence-corrected chi connectivity index (χ1v) is 8.85. The van der Waals surface area contributed by atoms with Crippen molar-refractivity contribution in [1.29, 1.82) is 0 Å². The first-order chi connectivity index (χ1) is 11.5. The number of aliphatic hydroxyl groups is 2. The summed E-state index contributed by atoms with van der Waals surface area (Å²) >= 11 is 0. The van der Waals surface area contributed by atoms with Crippen molar-refractivity contribution in [2.24, 2.45) is 11.8 Å². The average molecular weight is 334 g/mol. The Hall–Kier alpha value is -1.57. The van der Waals surface area contributed by atoms with Crippen molar-refractivity contribution < 1.29 is 20.1 Å². The lowest BCUT2D eigenvalue weighted by molar-refractivity contribution is -0.137. The van der Waals surface area contributed by atoms with E-state index in [2.05, 4.69) is 17.9 Å². The summed E-state index contributed by atoms with van der Waals surface area (Å²) < 4.78 is 0. The molecule has 0 aromatic rings. The quantitative estimate of drug-likeness (QED) is 0.325. The molecule has 0 spiro atoms. The van der Waals surface area contributed by atoms with Gasteiger partial charge in [0.25, 0.3) is 0 Å². The van der Waals surface area contributed by atoms with E-state index in [-0.39, 0.29) is 24.4 Å². The maximum absolute atomic E-state index is 10.4. The predicted molar refractivity (Wildman–Crippen MR) is 95.3 cm³/mol. The van der Waals surface area contributed by atoms with Gasteiger partial charge in [0.1, 0.15) is 0 Å². The van der Waals surface area contributed by atoms with Gasteiger partial charge in [-0.1, -0.05) is 24.3 Å². The summed E-state index contributed by atoms with van der Waals surface area (Å²) in [6.45, 7) is 1.79. The van der Waals surface area contributed by atoms with Crippen molar-refractivity contribution in [2.45, 2.75) is 70.5 Å². The smallest absolute Gasteiger partial charge is 0.303 e. The second-order valence-electron chi connectivity index (χ2n) is 6.38. The van der Waals surface area contributed by atoms with Crippen molar-refractivity contribution in [3.8, 4) is 11.8 Å². The molecule has 134 valence electrons. The fourth-order valence-corrected chi connectivity index (χ4v) is 3.10. The molecule has 0 unspecified atom stereocenters. The molecular weight excluding hydrogens is 304 g/mol. The van der Waals surface area contributed by atoms with Gasteiger partial charge in [0.05, 0.1) is 12.2 Å². The van der Waals surface area contributed by atoms with Crippen LogP contribution in [0.2, 0.25) is 0 Å². The van der Waals surface area contributed by atoms with Crippen molar-refractivity contribution in [3.63, 3.8) is 0 Å². The molecule has 0 aliphatic heterocycles. The summed E-state index contributed by atoms with van der Waals surface area (Å²) in [6.07, 6.45) is 12.6. The van der Waals surface area contributed by atoms with Gasteiger partial charge in [0.2, 0.25) is 0 Å². The first-order valence-electron chi connectivity index (χ1n) is 8.85. The minimum absolute atomic E-state index is 0.180. The number of hydrogen-bond donors (Lipinski definition) is 3. The van der Waals surface area contributed by atoms with Crippen LogP contribution in [0.1, 0.15) is 58.3 Å². The van der Waals surface area contributed by atoms with E-state index in [0.717, 1.165) is 25.7 Å². The van der Waals surface area contributed by atoms with E-state index in [9.17, 15) is 15.0 Å². The molecule has 0 radical (unpaired) electrons. The van der Waals surface area contributed by atoms with Gasteiger partial charge >= 0.3 is 5.97 Å². The van der Waals surface area contributed by atoms with Gasteiger partial charge < -0.3 is 15.3 Å². The van der Waals surface area contributed by atoms with E-state index < -0.39 is 12.1 Å². The number of carboxylic acids is 1. The zero-order chi connectivity index (χ0) is 17.8. The molecule has 4 heteroatoms. The van der Waals surface area contributed by atoms with Crippen molar-refractivity contribution in [1.82, 2.24) is 0 Å². The maximum atomic E-state index is 10.4. The molecule has 1 saturated carbocycles. The Kier molecular flexibility index (Phi) is 10.1. The second-order valence-corrected chi connectivity index (χ2v) is 6.38. The van der Waals surface area contributed by atoms with Crippen LogP contribution in [0.5, 0.6) is 0 Å². The van der Waals surface area contributed by atoms with Crippen LogP contribution in [-0.4, -0.2) is 33.5 Å². The van der Waals surface area contributed by atoms with Crippen LogP contribution < -0.4 is 0 Å². The molecule has 0 aromatic heterocycles. The van der Waals surface area contributed by atoms with Crippen LogP contribution in [0.4, 0.5) is 0 Å². The van der Waals surface area contributed by atoms with E-state index in [1.807, 2.05) is 18.2 Å². The number of unbranched alkanes of at least 4 members (excludes halogenated alkanes) is 1. The fraction of sp³-hybridized carbons (Fsp3) is 0.650. The van der Waals surface area contributed by atoms with Crippen LogP contribution in [0.15, 0.2) is 24.3 Å². The third-order valence-corrected chi connectivity index (χ3v) is 4.50. The van der Waals surface area contributed by atoms with Gasteiger partial charge in [-0.25, -0.2) is 0 Å². The normalized spacial score (nSPS) is 25.0. The number of allylic oxidation sites excluding steroid dienone is 3. The minimum atomic E-state index is -0.761. The standard InChI is InChI=1S/C20H30O4/c1-2-3-6-9-17(21)14-12-16-13-15-19(22)18(16)10-7-4-5-8-11-20(23)24/h4,7,12,14,16-19,21-22H,5-6,8-11,13,15H2,1H3,(H,23,24)/b7-4-,14-12+/t16-,17-,18+,19-/m0/s1. The highest BCUT2D eigenvalue weighted by Crippen LogP contribution is 2.36. The highest BCUT2D eigenvalue weighted by molar-refractivity contribution is 5.66. The fourth-order valence-electron chi connectivity index (χ4n) is 3.10. The van der Waals surface area contributed by atoms with Gasteiger partial charge in [-0.05, 0) is 57.3 Å². The van der Waals surface area contributed by atoms with Crippen LogP contribution in [0, 0.1) is 23.7 Å². The molecule has 1 aliphatic rings. The molecule has 1 aliphatic carbocycles. The number of carboxylic acid groups (broad SMARTS) is 1. The molecule has 0 bridgehead atoms. The number of carbonyl (C=O) groups is 1. The van der Waals surface area contributed by atoms with E-state index in [4.69, 9.17) is 5.11 Å². The Balaban J connectivity index is 2.39.